The Morgan fingerprint density at radius 3 is 2.85 bits per heavy atom. The highest BCUT2D eigenvalue weighted by atomic mass is 16.2. The minimum absolute atomic E-state index is 0.00621. The number of amides is 3. The lowest BCUT2D eigenvalue weighted by molar-refractivity contribution is -0.124. The van der Waals surface area contributed by atoms with Gasteiger partial charge in [-0.2, -0.15) is 0 Å². The van der Waals surface area contributed by atoms with Gasteiger partial charge in [-0.1, -0.05) is 44.2 Å². The van der Waals surface area contributed by atoms with Gasteiger partial charge in [-0.05, 0) is 24.7 Å². The van der Waals surface area contributed by atoms with Crippen LogP contribution in [0.5, 0.6) is 0 Å². The highest BCUT2D eigenvalue weighted by Crippen LogP contribution is 2.49. The van der Waals surface area contributed by atoms with Crippen LogP contribution < -0.4 is 10.6 Å². The number of urea groups is 1. The number of carbonyl (C=O) groups is 2. The van der Waals surface area contributed by atoms with Crippen molar-refractivity contribution in [2.45, 2.75) is 32.2 Å². The number of aliphatic imine (C=N–C) groups is 1. The molecule has 1 aromatic carbocycles. The monoisotopic (exact) mass is 354 g/mol. The number of rotatable bonds is 3. The second kappa shape index (κ2) is 6.41. The molecule has 1 aromatic rings. The number of hydrogen-bond donors (Lipinski definition) is 2. The van der Waals surface area contributed by atoms with E-state index in [1.54, 1.807) is 0 Å². The van der Waals surface area contributed by atoms with Gasteiger partial charge in [0.05, 0.1) is 0 Å². The second-order valence-electron chi connectivity index (χ2n) is 8.09. The molecule has 138 valence electrons. The van der Waals surface area contributed by atoms with Gasteiger partial charge in [0.25, 0.3) is 5.91 Å². The molecule has 2 aliphatic heterocycles. The SMILES string of the molecule is CC(C)CNC(=O)N1C[C@@H]2CC[C@]3(N=C(c4ccccc4)NC3=O)[C@@H]2C1. The van der Waals surface area contributed by atoms with Crippen molar-refractivity contribution in [2.24, 2.45) is 22.7 Å². The summed E-state index contributed by atoms with van der Waals surface area (Å²) in [6.45, 7) is 6.16. The fourth-order valence-corrected chi connectivity index (χ4v) is 4.51. The average Bonchev–Trinajstić information content (AvgIpc) is 3.29. The number of benzene rings is 1. The Labute approximate surface area is 154 Å². The predicted molar refractivity (Wildman–Crippen MR) is 99.9 cm³/mol. The number of hydrogen-bond acceptors (Lipinski definition) is 3. The fraction of sp³-hybridized carbons (Fsp3) is 0.550. The molecular weight excluding hydrogens is 328 g/mol. The fourth-order valence-electron chi connectivity index (χ4n) is 4.51. The Bertz CT molecular complexity index is 745. The van der Waals surface area contributed by atoms with Crippen LogP contribution in [0.4, 0.5) is 4.79 Å². The molecule has 0 aromatic heterocycles. The summed E-state index contributed by atoms with van der Waals surface area (Å²) in [6, 6.07) is 9.75. The highest BCUT2D eigenvalue weighted by molar-refractivity contribution is 6.15. The molecule has 2 fully saturated rings. The van der Waals surface area contributed by atoms with Crippen molar-refractivity contribution in [1.82, 2.24) is 15.5 Å². The lowest BCUT2D eigenvalue weighted by Crippen LogP contribution is -2.46. The van der Waals surface area contributed by atoms with Crippen LogP contribution in [0.3, 0.4) is 0 Å². The summed E-state index contributed by atoms with van der Waals surface area (Å²) in [7, 11) is 0. The smallest absolute Gasteiger partial charge is 0.317 e. The van der Waals surface area contributed by atoms with Crippen LogP contribution in [-0.4, -0.2) is 47.8 Å². The van der Waals surface area contributed by atoms with Gasteiger partial charge >= 0.3 is 6.03 Å². The zero-order valence-corrected chi connectivity index (χ0v) is 15.4. The first-order valence-electron chi connectivity index (χ1n) is 9.49. The Morgan fingerprint density at radius 2 is 2.12 bits per heavy atom. The standard InChI is InChI=1S/C20H26N4O2/c1-13(2)10-21-19(26)24-11-15-8-9-20(16(15)12-24)18(25)22-17(23-20)14-6-4-3-5-7-14/h3-7,13,15-16H,8-12H2,1-2H3,(H,21,26)(H,22,23,25)/t15-,16+,20-/m0/s1. The maximum absolute atomic E-state index is 12.9. The van der Waals surface area contributed by atoms with Gasteiger partial charge in [0.1, 0.15) is 11.4 Å². The lowest BCUT2D eigenvalue weighted by atomic mass is 9.85. The van der Waals surface area contributed by atoms with E-state index in [9.17, 15) is 9.59 Å². The van der Waals surface area contributed by atoms with E-state index in [1.165, 1.54) is 0 Å². The van der Waals surface area contributed by atoms with Crippen molar-refractivity contribution in [3.05, 3.63) is 35.9 Å². The van der Waals surface area contributed by atoms with Crippen molar-refractivity contribution in [2.75, 3.05) is 19.6 Å². The van der Waals surface area contributed by atoms with Crippen LogP contribution in [0, 0.1) is 17.8 Å². The third-order valence-electron chi connectivity index (χ3n) is 5.88. The molecule has 1 aliphatic carbocycles. The predicted octanol–water partition coefficient (Wildman–Crippen LogP) is 2.01. The molecule has 4 rings (SSSR count). The Kier molecular flexibility index (Phi) is 4.21. The number of likely N-dealkylation sites (tertiary alicyclic amines) is 1. The maximum Gasteiger partial charge on any atom is 0.317 e. The normalized spacial score (nSPS) is 29.9. The van der Waals surface area contributed by atoms with Gasteiger partial charge in [0, 0.05) is 31.1 Å². The first kappa shape index (κ1) is 17.1. The summed E-state index contributed by atoms with van der Waals surface area (Å²) in [5.74, 6) is 1.54. The van der Waals surface area contributed by atoms with E-state index in [0.717, 1.165) is 24.9 Å². The molecule has 1 saturated carbocycles. The molecule has 3 amide bonds. The number of nitrogens with zero attached hydrogens (tertiary/aromatic N) is 2. The molecule has 3 aliphatic rings. The van der Waals surface area contributed by atoms with Crippen LogP contribution in [0.2, 0.25) is 0 Å². The summed E-state index contributed by atoms with van der Waals surface area (Å²) in [5, 5.41) is 5.98. The molecule has 1 saturated heterocycles. The van der Waals surface area contributed by atoms with Gasteiger partial charge in [-0.25, -0.2) is 4.79 Å². The third-order valence-corrected chi connectivity index (χ3v) is 5.88. The Hall–Kier alpha value is -2.37. The number of carbonyl (C=O) groups excluding carboxylic acids is 2. The maximum atomic E-state index is 12.9. The van der Waals surface area contributed by atoms with E-state index in [2.05, 4.69) is 24.5 Å². The van der Waals surface area contributed by atoms with Crippen LogP contribution in [0.15, 0.2) is 35.3 Å². The van der Waals surface area contributed by atoms with Gasteiger partial charge in [-0.15, -0.1) is 0 Å². The highest BCUT2D eigenvalue weighted by Gasteiger charge is 2.59. The number of fused-ring (bicyclic) bond motifs is 2. The van der Waals surface area contributed by atoms with Crippen molar-refractivity contribution in [1.29, 1.82) is 0 Å². The molecule has 6 heteroatoms. The van der Waals surface area contributed by atoms with Crippen molar-refractivity contribution in [3.8, 4) is 0 Å². The van der Waals surface area contributed by atoms with Crippen molar-refractivity contribution >= 4 is 17.8 Å². The van der Waals surface area contributed by atoms with E-state index in [4.69, 9.17) is 4.99 Å². The Morgan fingerprint density at radius 1 is 1.35 bits per heavy atom. The van der Waals surface area contributed by atoms with Gasteiger partial charge < -0.3 is 15.5 Å². The van der Waals surface area contributed by atoms with Gasteiger partial charge in [0.15, 0.2) is 0 Å². The Balaban J connectivity index is 1.53. The minimum Gasteiger partial charge on any atom is -0.338 e. The molecule has 0 bridgehead atoms. The quantitative estimate of drug-likeness (QED) is 0.871. The van der Waals surface area contributed by atoms with E-state index in [1.807, 2.05) is 35.2 Å². The summed E-state index contributed by atoms with van der Waals surface area (Å²) in [5.41, 5.74) is 0.230. The summed E-state index contributed by atoms with van der Waals surface area (Å²) >= 11 is 0. The molecule has 26 heavy (non-hydrogen) atoms. The minimum atomic E-state index is -0.705. The summed E-state index contributed by atoms with van der Waals surface area (Å²) < 4.78 is 0. The summed E-state index contributed by atoms with van der Waals surface area (Å²) in [6.07, 6.45) is 1.71. The van der Waals surface area contributed by atoms with Gasteiger partial charge in [0.2, 0.25) is 0 Å². The second-order valence-corrected chi connectivity index (χ2v) is 8.09. The van der Waals surface area contributed by atoms with Crippen LogP contribution in [-0.2, 0) is 4.79 Å². The van der Waals surface area contributed by atoms with E-state index < -0.39 is 5.54 Å². The van der Waals surface area contributed by atoms with E-state index >= 15 is 0 Å². The molecule has 2 heterocycles. The molecule has 0 radical (unpaired) electrons. The molecule has 2 N–H and O–H groups in total. The molecule has 3 atom stereocenters. The van der Waals surface area contributed by atoms with E-state index in [0.29, 0.717) is 30.8 Å². The molecule has 1 spiro atoms. The largest absolute Gasteiger partial charge is 0.338 e. The number of amidine groups is 1. The van der Waals surface area contributed by atoms with Crippen molar-refractivity contribution < 1.29 is 9.59 Å². The zero-order chi connectivity index (χ0) is 18.3. The van der Waals surface area contributed by atoms with Crippen molar-refractivity contribution in [3.63, 3.8) is 0 Å². The third kappa shape index (κ3) is 2.77. The average molecular weight is 354 g/mol. The first-order valence-corrected chi connectivity index (χ1v) is 9.49. The van der Waals surface area contributed by atoms with E-state index in [-0.39, 0.29) is 17.9 Å². The molecular formula is C20H26N4O2. The topological polar surface area (TPSA) is 73.8 Å². The molecule has 6 nitrogen and oxygen atoms in total. The summed E-state index contributed by atoms with van der Waals surface area (Å²) in [4.78, 5) is 32.0. The van der Waals surface area contributed by atoms with Crippen LogP contribution in [0.25, 0.3) is 0 Å². The number of nitrogens with one attached hydrogen (secondary N) is 2. The van der Waals surface area contributed by atoms with Crippen LogP contribution >= 0.6 is 0 Å². The molecule has 0 unspecified atom stereocenters. The zero-order valence-electron chi connectivity index (χ0n) is 15.4. The van der Waals surface area contributed by atoms with Gasteiger partial charge in [-0.3, -0.25) is 9.79 Å². The lowest BCUT2D eigenvalue weighted by Gasteiger charge is -2.26. The van der Waals surface area contributed by atoms with Crippen LogP contribution in [0.1, 0.15) is 32.3 Å². The first-order chi connectivity index (χ1) is 12.5.